The molecular weight excluding hydrogens is 304 g/mol. The van der Waals surface area contributed by atoms with E-state index < -0.39 is 5.60 Å². The summed E-state index contributed by atoms with van der Waals surface area (Å²) >= 11 is 0. The summed E-state index contributed by atoms with van der Waals surface area (Å²) in [5, 5.41) is 8.01. The summed E-state index contributed by atoms with van der Waals surface area (Å²) in [4.78, 5) is 14.1. The molecule has 3 heterocycles. The van der Waals surface area contributed by atoms with Crippen LogP contribution in [0.3, 0.4) is 0 Å². The van der Waals surface area contributed by atoms with Crippen LogP contribution >= 0.6 is 0 Å². The highest BCUT2D eigenvalue weighted by atomic mass is 16.6. The number of rotatable bonds is 2. The van der Waals surface area contributed by atoms with Crippen molar-refractivity contribution in [2.75, 3.05) is 26.2 Å². The van der Waals surface area contributed by atoms with E-state index >= 15 is 0 Å². The molecular formula is C18H30N4O2. The summed E-state index contributed by atoms with van der Waals surface area (Å²) in [7, 11) is 0. The number of amides is 1. The minimum absolute atomic E-state index is 0.210. The van der Waals surface area contributed by atoms with E-state index in [1.54, 1.807) is 0 Å². The van der Waals surface area contributed by atoms with Gasteiger partial charge in [0, 0.05) is 19.3 Å². The fraction of sp³-hybridized carbons (Fsp3) is 0.778. The number of aromatic nitrogens is 2. The highest BCUT2D eigenvalue weighted by Gasteiger charge is 2.29. The fourth-order valence-electron chi connectivity index (χ4n) is 3.58. The van der Waals surface area contributed by atoms with Crippen LogP contribution in [0.25, 0.3) is 0 Å². The molecule has 6 heteroatoms. The Labute approximate surface area is 144 Å². The third-order valence-electron chi connectivity index (χ3n) is 4.85. The molecule has 0 aliphatic carbocycles. The van der Waals surface area contributed by atoms with Gasteiger partial charge in [-0.3, -0.25) is 4.68 Å². The van der Waals surface area contributed by atoms with Crippen molar-refractivity contribution >= 4 is 6.09 Å². The second-order valence-electron chi connectivity index (χ2n) is 8.00. The number of carbonyl (C=O) groups is 1. The minimum Gasteiger partial charge on any atom is -0.444 e. The fourth-order valence-corrected chi connectivity index (χ4v) is 3.58. The van der Waals surface area contributed by atoms with Crippen molar-refractivity contribution in [3.63, 3.8) is 0 Å². The van der Waals surface area contributed by atoms with Crippen LogP contribution in [0.2, 0.25) is 0 Å². The lowest BCUT2D eigenvalue weighted by Crippen LogP contribution is -2.43. The van der Waals surface area contributed by atoms with Gasteiger partial charge in [0.25, 0.3) is 0 Å². The van der Waals surface area contributed by atoms with Crippen molar-refractivity contribution in [2.24, 2.45) is 0 Å². The Bertz CT molecular complexity index is 558. The molecule has 0 aromatic carbocycles. The lowest BCUT2D eigenvalue weighted by Gasteiger charge is -2.34. The van der Waals surface area contributed by atoms with Crippen molar-refractivity contribution in [2.45, 2.75) is 64.0 Å². The van der Waals surface area contributed by atoms with Gasteiger partial charge < -0.3 is 15.0 Å². The second kappa shape index (κ2) is 7.13. The summed E-state index contributed by atoms with van der Waals surface area (Å²) in [5.41, 5.74) is 0.892. The zero-order valence-corrected chi connectivity index (χ0v) is 15.1. The first-order valence-electron chi connectivity index (χ1n) is 9.15. The van der Waals surface area contributed by atoms with Gasteiger partial charge in [-0.2, -0.15) is 5.10 Å². The molecule has 2 aliphatic rings. The average molecular weight is 334 g/mol. The summed E-state index contributed by atoms with van der Waals surface area (Å²) < 4.78 is 7.58. The molecule has 1 atom stereocenters. The lowest BCUT2D eigenvalue weighted by molar-refractivity contribution is 0.0167. The third kappa shape index (κ3) is 4.29. The molecule has 2 aliphatic heterocycles. The largest absolute Gasteiger partial charge is 0.444 e. The van der Waals surface area contributed by atoms with Crippen LogP contribution in [-0.4, -0.2) is 52.6 Å². The molecule has 2 fully saturated rings. The molecule has 134 valence electrons. The maximum atomic E-state index is 12.3. The van der Waals surface area contributed by atoms with Crippen molar-refractivity contribution in [1.82, 2.24) is 20.0 Å². The molecule has 1 aromatic heterocycles. The van der Waals surface area contributed by atoms with Gasteiger partial charge in [-0.15, -0.1) is 0 Å². The number of piperidine rings is 2. The summed E-state index contributed by atoms with van der Waals surface area (Å²) in [6.07, 6.45) is 8.42. The molecule has 0 bridgehead atoms. The lowest BCUT2D eigenvalue weighted by atomic mass is 9.93. The molecule has 2 saturated heterocycles. The van der Waals surface area contributed by atoms with Crippen LogP contribution < -0.4 is 5.32 Å². The summed E-state index contributed by atoms with van der Waals surface area (Å²) in [6.45, 7) is 9.36. The standard InChI is InChI=1S/C18H30N4O2/c1-18(2,3)24-17(23)21-10-4-5-16(13-21)22-12-15(11-20-22)14-6-8-19-9-7-14/h11-12,14,16,19H,4-10,13H2,1-3H3. The molecule has 24 heavy (non-hydrogen) atoms. The molecule has 1 amide bonds. The first-order chi connectivity index (χ1) is 11.4. The van der Waals surface area contributed by atoms with E-state index in [0.29, 0.717) is 12.5 Å². The highest BCUT2D eigenvalue weighted by Crippen LogP contribution is 2.28. The van der Waals surface area contributed by atoms with Gasteiger partial charge in [-0.1, -0.05) is 0 Å². The van der Waals surface area contributed by atoms with Crippen molar-refractivity contribution in [1.29, 1.82) is 0 Å². The van der Waals surface area contributed by atoms with Gasteiger partial charge in [0.2, 0.25) is 0 Å². The Morgan fingerprint density at radius 1 is 1.29 bits per heavy atom. The number of hydrogen-bond donors (Lipinski definition) is 1. The highest BCUT2D eigenvalue weighted by molar-refractivity contribution is 5.68. The van der Waals surface area contributed by atoms with Crippen LogP contribution in [0.1, 0.15) is 64.0 Å². The van der Waals surface area contributed by atoms with E-state index in [0.717, 1.165) is 32.5 Å². The Kier molecular flexibility index (Phi) is 5.13. The maximum Gasteiger partial charge on any atom is 0.410 e. The average Bonchev–Trinajstić information content (AvgIpc) is 3.04. The number of hydrogen-bond acceptors (Lipinski definition) is 4. The molecule has 1 N–H and O–H groups in total. The number of ether oxygens (including phenoxy) is 1. The molecule has 0 radical (unpaired) electrons. The van der Waals surface area contributed by atoms with Gasteiger partial charge in [-0.05, 0) is 71.0 Å². The van der Waals surface area contributed by atoms with Crippen LogP contribution in [0.5, 0.6) is 0 Å². The van der Waals surface area contributed by atoms with Gasteiger partial charge in [0.1, 0.15) is 5.60 Å². The number of likely N-dealkylation sites (tertiary alicyclic amines) is 1. The van der Waals surface area contributed by atoms with Crippen molar-refractivity contribution < 1.29 is 9.53 Å². The van der Waals surface area contributed by atoms with Crippen molar-refractivity contribution in [3.8, 4) is 0 Å². The Morgan fingerprint density at radius 2 is 2.04 bits per heavy atom. The van der Waals surface area contributed by atoms with Crippen LogP contribution in [0, 0.1) is 0 Å². The first-order valence-corrected chi connectivity index (χ1v) is 9.15. The molecule has 1 unspecified atom stereocenters. The third-order valence-corrected chi connectivity index (χ3v) is 4.85. The Balaban J connectivity index is 1.62. The van der Waals surface area contributed by atoms with E-state index in [9.17, 15) is 4.79 Å². The van der Waals surface area contributed by atoms with Gasteiger partial charge >= 0.3 is 6.09 Å². The maximum absolute atomic E-state index is 12.3. The van der Waals surface area contributed by atoms with Crippen LogP contribution in [-0.2, 0) is 4.74 Å². The van der Waals surface area contributed by atoms with Gasteiger partial charge in [-0.25, -0.2) is 4.79 Å². The van der Waals surface area contributed by atoms with E-state index in [-0.39, 0.29) is 12.1 Å². The quantitative estimate of drug-likeness (QED) is 0.903. The predicted molar refractivity (Wildman–Crippen MR) is 93.1 cm³/mol. The summed E-state index contributed by atoms with van der Waals surface area (Å²) in [6, 6.07) is 0.252. The first kappa shape index (κ1) is 17.3. The monoisotopic (exact) mass is 334 g/mol. The predicted octanol–water partition coefficient (Wildman–Crippen LogP) is 2.92. The number of carbonyl (C=O) groups excluding carboxylic acids is 1. The number of nitrogens with one attached hydrogen (secondary N) is 1. The van der Waals surface area contributed by atoms with E-state index in [1.165, 1.54) is 18.4 Å². The SMILES string of the molecule is CC(C)(C)OC(=O)N1CCCC(n2cc(C3CCNCC3)cn2)C1. The second-order valence-corrected chi connectivity index (χ2v) is 8.00. The number of nitrogens with zero attached hydrogens (tertiary/aromatic N) is 3. The van der Waals surface area contributed by atoms with Crippen LogP contribution in [0.4, 0.5) is 4.79 Å². The molecule has 3 rings (SSSR count). The smallest absolute Gasteiger partial charge is 0.410 e. The van der Waals surface area contributed by atoms with Crippen LogP contribution in [0.15, 0.2) is 12.4 Å². The summed E-state index contributed by atoms with van der Waals surface area (Å²) in [5.74, 6) is 0.616. The minimum atomic E-state index is -0.447. The molecule has 0 saturated carbocycles. The molecule has 0 spiro atoms. The molecule has 1 aromatic rings. The molecule has 6 nitrogen and oxygen atoms in total. The topological polar surface area (TPSA) is 59.4 Å². The van der Waals surface area contributed by atoms with Gasteiger partial charge in [0.15, 0.2) is 0 Å². The normalized spacial score (nSPS) is 23.3. The van der Waals surface area contributed by atoms with E-state index in [2.05, 4.69) is 21.3 Å². The Morgan fingerprint density at radius 3 is 2.75 bits per heavy atom. The van der Waals surface area contributed by atoms with Crippen molar-refractivity contribution in [3.05, 3.63) is 18.0 Å². The van der Waals surface area contributed by atoms with Gasteiger partial charge in [0.05, 0.1) is 12.2 Å². The zero-order valence-electron chi connectivity index (χ0n) is 15.1. The Hall–Kier alpha value is -1.56. The van der Waals surface area contributed by atoms with E-state index in [1.807, 2.05) is 31.9 Å². The van der Waals surface area contributed by atoms with E-state index in [4.69, 9.17) is 4.74 Å². The zero-order chi connectivity index (χ0) is 17.2.